The van der Waals surface area contributed by atoms with Gasteiger partial charge < -0.3 is 10.1 Å². The fourth-order valence-corrected chi connectivity index (χ4v) is 2.76. The molecular weight excluding hydrogens is 222 g/mol. The van der Waals surface area contributed by atoms with Gasteiger partial charge in [0.25, 0.3) is 0 Å². The fourth-order valence-electron chi connectivity index (χ4n) is 2.76. The molecule has 2 unspecified atom stereocenters. The second-order valence-corrected chi connectivity index (χ2v) is 5.81. The Labute approximate surface area is 111 Å². The summed E-state index contributed by atoms with van der Waals surface area (Å²) in [5.74, 6) is 2.44. The van der Waals surface area contributed by atoms with Crippen molar-refractivity contribution >= 4 is 0 Å². The number of hydrogen-bond acceptors (Lipinski definition) is 2. The molecule has 2 rings (SSSR count). The molecule has 2 heteroatoms. The van der Waals surface area contributed by atoms with E-state index >= 15 is 0 Å². The predicted molar refractivity (Wildman–Crippen MR) is 76.2 cm³/mol. The van der Waals surface area contributed by atoms with Crippen molar-refractivity contribution in [2.24, 2.45) is 5.92 Å². The summed E-state index contributed by atoms with van der Waals surface area (Å²) >= 11 is 0. The van der Waals surface area contributed by atoms with Gasteiger partial charge in [-0.1, -0.05) is 32.0 Å². The lowest BCUT2D eigenvalue weighted by Crippen LogP contribution is -2.33. The number of para-hydroxylation sites is 1. The van der Waals surface area contributed by atoms with E-state index in [-0.39, 0.29) is 0 Å². The van der Waals surface area contributed by atoms with Gasteiger partial charge in [-0.3, -0.25) is 0 Å². The average Bonchev–Trinajstić information content (AvgIpc) is 2.35. The lowest BCUT2D eigenvalue weighted by Gasteiger charge is -2.27. The normalized spacial score (nSPS) is 20.3. The highest BCUT2D eigenvalue weighted by Gasteiger charge is 2.21. The number of rotatable bonds is 5. The topological polar surface area (TPSA) is 21.3 Å². The molecule has 18 heavy (non-hydrogen) atoms. The minimum Gasteiger partial charge on any atom is -0.493 e. The van der Waals surface area contributed by atoms with Gasteiger partial charge in [0.15, 0.2) is 0 Å². The van der Waals surface area contributed by atoms with E-state index in [0.29, 0.717) is 12.0 Å². The van der Waals surface area contributed by atoms with Crippen LogP contribution in [0.5, 0.6) is 5.75 Å². The molecule has 0 fully saturated rings. The monoisotopic (exact) mass is 247 g/mol. The van der Waals surface area contributed by atoms with Gasteiger partial charge in [-0.05, 0) is 37.3 Å². The highest BCUT2D eigenvalue weighted by molar-refractivity contribution is 5.37. The average molecular weight is 247 g/mol. The molecule has 1 aromatic rings. The Balaban J connectivity index is 1.91. The zero-order valence-electron chi connectivity index (χ0n) is 11.8. The van der Waals surface area contributed by atoms with Gasteiger partial charge in [-0.25, -0.2) is 0 Å². The van der Waals surface area contributed by atoms with Gasteiger partial charge in [0.2, 0.25) is 0 Å². The lowest BCUT2D eigenvalue weighted by molar-refractivity contribution is 0.261. The third-order valence-corrected chi connectivity index (χ3v) is 3.62. The number of fused-ring (bicyclic) bond motifs is 1. The molecular formula is C16H25NO. The molecule has 0 aliphatic carbocycles. The molecule has 2 atom stereocenters. The molecule has 0 aromatic heterocycles. The molecule has 2 nitrogen and oxygen atoms in total. The summed E-state index contributed by atoms with van der Waals surface area (Å²) in [6, 6.07) is 9.04. The molecule has 0 saturated carbocycles. The molecule has 1 aliphatic rings. The van der Waals surface area contributed by atoms with Gasteiger partial charge >= 0.3 is 0 Å². The fraction of sp³-hybridized carbons (Fsp3) is 0.625. The lowest BCUT2D eigenvalue weighted by atomic mass is 9.92. The van der Waals surface area contributed by atoms with Gasteiger partial charge in [0.05, 0.1) is 6.61 Å². The molecule has 1 aromatic carbocycles. The Bertz CT molecular complexity index is 375. The van der Waals surface area contributed by atoms with E-state index in [4.69, 9.17) is 4.74 Å². The number of hydrogen-bond donors (Lipinski definition) is 1. The van der Waals surface area contributed by atoms with Crippen molar-refractivity contribution in [3.05, 3.63) is 29.8 Å². The Kier molecular flexibility index (Phi) is 4.65. The van der Waals surface area contributed by atoms with Crippen LogP contribution in [0, 0.1) is 5.92 Å². The molecule has 100 valence electrons. The Morgan fingerprint density at radius 1 is 1.28 bits per heavy atom. The number of benzene rings is 1. The van der Waals surface area contributed by atoms with Crippen molar-refractivity contribution in [2.45, 2.75) is 45.6 Å². The number of ether oxygens (including phenoxy) is 1. The van der Waals surface area contributed by atoms with E-state index < -0.39 is 0 Å². The maximum atomic E-state index is 5.70. The van der Waals surface area contributed by atoms with Crippen LogP contribution in [0.4, 0.5) is 0 Å². The quantitative estimate of drug-likeness (QED) is 0.858. The minimum atomic E-state index is 0.597. The maximum absolute atomic E-state index is 5.70. The van der Waals surface area contributed by atoms with Crippen LogP contribution in [0.15, 0.2) is 24.3 Å². The summed E-state index contributed by atoms with van der Waals surface area (Å²) in [4.78, 5) is 0. The molecule has 1 N–H and O–H groups in total. The third kappa shape index (κ3) is 3.49. The second kappa shape index (κ2) is 6.24. The summed E-state index contributed by atoms with van der Waals surface area (Å²) in [6.07, 6.45) is 2.36. The SMILES string of the molecule is CC(C)CC(C)NCC1CCOc2ccccc21. The second-order valence-electron chi connectivity index (χ2n) is 5.81. The van der Waals surface area contributed by atoms with E-state index in [0.717, 1.165) is 31.2 Å². The van der Waals surface area contributed by atoms with Gasteiger partial charge in [-0.2, -0.15) is 0 Å². The van der Waals surface area contributed by atoms with Crippen LogP contribution in [0.2, 0.25) is 0 Å². The Morgan fingerprint density at radius 3 is 2.83 bits per heavy atom. The van der Waals surface area contributed by atoms with Crippen LogP contribution in [0.3, 0.4) is 0 Å². The smallest absolute Gasteiger partial charge is 0.122 e. The highest BCUT2D eigenvalue weighted by atomic mass is 16.5. The molecule has 0 amide bonds. The van der Waals surface area contributed by atoms with Crippen molar-refractivity contribution in [2.75, 3.05) is 13.2 Å². The van der Waals surface area contributed by atoms with Crippen LogP contribution >= 0.6 is 0 Å². The van der Waals surface area contributed by atoms with Crippen LogP contribution in [-0.2, 0) is 0 Å². The van der Waals surface area contributed by atoms with Crippen molar-refractivity contribution in [3.63, 3.8) is 0 Å². The first-order valence-corrected chi connectivity index (χ1v) is 7.12. The summed E-state index contributed by atoms with van der Waals surface area (Å²) in [5, 5.41) is 3.67. The Morgan fingerprint density at radius 2 is 2.06 bits per heavy atom. The summed E-state index contributed by atoms with van der Waals surface area (Å²) in [6.45, 7) is 8.76. The highest BCUT2D eigenvalue weighted by Crippen LogP contribution is 2.32. The van der Waals surface area contributed by atoms with Crippen molar-refractivity contribution in [1.82, 2.24) is 5.32 Å². The summed E-state index contributed by atoms with van der Waals surface area (Å²) < 4.78 is 5.70. The molecule has 0 radical (unpaired) electrons. The van der Waals surface area contributed by atoms with Crippen LogP contribution in [0.25, 0.3) is 0 Å². The summed E-state index contributed by atoms with van der Waals surface area (Å²) in [7, 11) is 0. The zero-order chi connectivity index (χ0) is 13.0. The minimum absolute atomic E-state index is 0.597. The molecule has 1 aliphatic heterocycles. The van der Waals surface area contributed by atoms with Crippen LogP contribution < -0.4 is 10.1 Å². The van der Waals surface area contributed by atoms with Gasteiger partial charge in [0.1, 0.15) is 5.75 Å². The van der Waals surface area contributed by atoms with Crippen LogP contribution in [-0.4, -0.2) is 19.2 Å². The van der Waals surface area contributed by atoms with Crippen LogP contribution in [0.1, 0.15) is 45.1 Å². The predicted octanol–water partition coefficient (Wildman–Crippen LogP) is 3.58. The maximum Gasteiger partial charge on any atom is 0.122 e. The third-order valence-electron chi connectivity index (χ3n) is 3.62. The van der Waals surface area contributed by atoms with Crippen molar-refractivity contribution < 1.29 is 4.74 Å². The molecule has 0 bridgehead atoms. The van der Waals surface area contributed by atoms with E-state index in [1.807, 2.05) is 0 Å². The van der Waals surface area contributed by atoms with Crippen molar-refractivity contribution in [1.29, 1.82) is 0 Å². The first-order valence-electron chi connectivity index (χ1n) is 7.12. The first kappa shape index (κ1) is 13.4. The standard InChI is InChI=1S/C16H25NO/c1-12(2)10-13(3)17-11-14-8-9-18-16-7-5-4-6-15(14)16/h4-7,12-14,17H,8-11H2,1-3H3. The molecule has 0 spiro atoms. The van der Waals surface area contributed by atoms with E-state index in [2.05, 4.69) is 50.4 Å². The summed E-state index contributed by atoms with van der Waals surface area (Å²) in [5.41, 5.74) is 1.37. The molecule has 1 heterocycles. The Hall–Kier alpha value is -1.02. The van der Waals surface area contributed by atoms with E-state index in [9.17, 15) is 0 Å². The number of nitrogens with one attached hydrogen (secondary N) is 1. The molecule has 0 saturated heterocycles. The van der Waals surface area contributed by atoms with E-state index in [1.54, 1.807) is 0 Å². The van der Waals surface area contributed by atoms with Gasteiger partial charge in [0, 0.05) is 18.5 Å². The largest absolute Gasteiger partial charge is 0.493 e. The van der Waals surface area contributed by atoms with Gasteiger partial charge in [-0.15, -0.1) is 0 Å². The van der Waals surface area contributed by atoms with Crippen molar-refractivity contribution in [3.8, 4) is 5.75 Å². The zero-order valence-corrected chi connectivity index (χ0v) is 11.8. The van der Waals surface area contributed by atoms with E-state index in [1.165, 1.54) is 12.0 Å². The first-order chi connectivity index (χ1) is 8.66.